The normalized spacial score (nSPS) is 12.3. The summed E-state index contributed by atoms with van der Waals surface area (Å²) < 4.78 is 26.4. The van der Waals surface area contributed by atoms with Crippen LogP contribution in [0, 0.1) is 0 Å². The summed E-state index contributed by atoms with van der Waals surface area (Å²) >= 11 is 6.31. The van der Waals surface area contributed by atoms with Crippen molar-refractivity contribution in [1.29, 1.82) is 0 Å². The first-order valence-electron chi connectivity index (χ1n) is 10.8. The highest BCUT2D eigenvalue weighted by atomic mass is 35.5. The van der Waals surface area contributed by atoms with E-state index in [0.717, 1.165) is 16.1 Å². The second-order valence-corrected chi connectivity index (χ2v) is 10.5. The Labute approximate surface area is 201 Å². The molecule has 2 aromatic rings. The van der Waals surface area contributed by atoms with Gasteiger partial charge in [-0.25, -0.2) is 8.42 Å². The Hall–Kier alpha value is -2.58. The van der Waals surface area contributed by atoms with E-state index in [0.29, 0.717) is 22.7 Å². The first-order chi connectivity index (χ1) is 15.5. The average molecular weight is 494 g/mol. The van der Waals surface area contributed by atoms with Crippen LogP contribution in [0.1, 0.15) is 38.8 Å². The molecule has 180 valence electrons. The molecule has 0 heterocycles. The van der Waals surface area contributed by atoms with Crippen molar-refractivity contribution >= 4 is 39.1 Å². The maximum atomic E-state index is 13.5. The summed E-state index contributed by atoms with van der Waals surface area (Å²) in [6.07, 6.45) is 1.67. The van der Waals surface area contributed by atoms with Crippen LogP contribution in [0.25, 0.3) is 0 Å². The Morgan fingerprint density at radius 1 is 1.00 bits per heavy atom. The van der Waals surface area contributed by atoms with Gasteiger partial charge in [0.15, 0.2) is 0 Å². The molecular weight excluding hydrogens is 462 g/mol. The van der Waals surface area contributed by atoms with Gasteiger partial charge >= 0.3 is 0 Å². The molecule has 0 unspecified atom stereocenters. The average Bonchev–Trinajstić information content (AvgIpc) is 2.75. The number of hydrogen-bond acceptors (Lipinski definition) is 4. The number of halogens is 1. The van der Waals surface area contributed by atoms with Crippen molar-refractivity contribution in [3.05, 3.63) is 64.7 Å². The largest absolute Gasteiger partial charge is 0.352 e. The van der Waals surface area contributed by atoms with Gasteiger partial charge in [-0.15, -0.1) is 0 Å². The molecule has 9 heteroatoms. The Bertz CT molecular complexity index is 1090. The highest BCUT2D eigenvalue weighted by Crippen LogP contribution is 2.25. The summed E-state index contributed by atoms with van der Waals surface area (Å²) in [5.41, 5.74) is 1.92. The molecule has 0 aromatic heterocycles. The fraction of sp³-hybridized carbons (Fsp3) is 0.417. The minimum Gasteiger partial charge on any atom is -0.352 e. The standard InChI is InChI=1S/C24H32ClN3O4S/c1-6-19-11-8-10-14-22(19)28(33(5,31)32)16-23(29)27(18(4)24(30)26-17(2)3)15-20-12-7-9-13-21(20)25/h7-14,17-18H,6,15-16H2,1-5H3,(H,26,30)/t18-/m1/s1. The van der Waals surface area contributed by atoms with Gasteiger partial charge in [-0.3, -0.25) is 13.9 Å². The number of nitrogens with zero attached hydrogens (tertiary/aromatic N) is 2. The first-order valence-corrected chi connectivity index (χ1v) is 13.1. The number of amides is 2. The van der Waals surface area contributed by atoms with Crippen LogP contribution < -0.4 is 9.62 Å². The van der Waals surface area contributed by atoms with Gasteiger partial charge in [0.25, 0.3) is 0 Å². The highest BCUT2D eigenvalue weighted by molar-refractivity contribution is 7.92. The molecule has 0 fully saturated rings. The smallest absolute Gasteiger partial charge is 0.244 e. The van der Waals surface area contributed by atoms with E-state index < -0.39 is 28.5 Å². The zero-order valence-electron chi connectivity index (χ0n) is 19.7. The quantitative estimate of drug-likeness (QED) is 0.547. The van der Waals surface area contributed by atoms with Crippen LogP contribution in [0.4, 0.5) is 5.69 Å². The van der Waals surface area contributed by atoms with E-state index in [9.17, 15) is 18.0 Å². The third-order valence-electron chi connectivity index (χ3n) is 5.22. The molecule has 0 radical (unpaired) electrons. The number of carbonyl (C=O) groups excluding carboxylic acids is 2. The number of para-hydroxylation sites is 1. The van der Waals surface area contributed by atoms with Crippen LogP contribution in [0.5, 0.6) is 0 Å². The summed E-state index contributed by atoms with van der Waals surface area (Å²) in [5.74, 6) is -0.831. The van der Waals surface area contributed by atoms with Crippen LogP contribution in [0.3, 0.4) is 0 Å². The molecule has 0 saturated heterocycles. The van der Waals surface area contributed by atoms with Gasteiger partial charge in [0.1, 0.15) is 12.6 Å². The van der Waals surface area contributed by atoms with Crippen LogP contribution in [0.2, 0.25) is 5.02 Å². The predicted molar refractivity (Wildman–Crippen MR) is 133 cm³/mol. The Balaban J connectivity index is 2.44. The predicted octanol–water partition coefficient (Wildman–Crippen LogP) is 3.61. The molecule has 2 aromatic carbocycles. The molecule has 0 aliphatic carbocycles. The second kappa shape index (κ2) is 11.5. The Morgan fingerprint density at radius 2 is 1.58 bits per heavy atom. The maximum Gasteiger partial charge on any atom is 0.244 e. The van der Waals surface area contributed by atoms with E-state index in [2.05, 4.69) is 5.32 Å². The molecular formula is C24H32ClN3O4S. The lowest BCUT2D eigenvalue weighted by Crippen LogP contribution is -2.52. The summed E-state index contributed by atoms with van der Waals surface area (Å²) in [7, 11) is -3.77. The molecule has 0 spiro atoms. The molecule has 33 heavy (non-hydrogen) atoms. The minimum absolute atomic E-state index is 0.0677. The van der Waals surface area contributed by atoms with Crippen LogP contribution in [-0.2, 0) is 32.6 Å². The van der Waals surface area contributed by atoms with Crippen molar-refractivity contribution < 1.29 is 18.0 Å². The van der Waals surface area contributed by atoms with E-state index in [1.165, 1.54) is 4.90 Å². The molecule has 1 N–H and O–H groups in total. The number of aryl methyl sites for hydroxylation is 1. The van der Waals surface area contributed by atoms with E-state index >= 15 is 0 Å². The lowest BCUT2D eigenvalue weighted by molar-refractivity contribution is -0.139. The number of nitrogens with one attached hydrogen (secondary N) is 1. The highest BCUT2D eigenvalue weighted by Gasteiger charge is 2.31. The van der Waals surface area contributed by atoms with Gasteiger partial charge < -0.3 is 10.2 Å². The lowest BCUT2D eigenvalue weighted by Gasteiger charge is -2.32. The summed E-state index contributed by atoms with van der Waals surface area (Å²) in [6, 6.07) is 13.2. The van der Waals surface area contributed by atoms with E-state index in [1.807, 2.05) is 32.9 Å². The number of carbonyl (C=O) groups is 2. The molecule has 0 bridgehead atoms. The van der Waals surface area contributed by atoms with Gasteiger partial charge in [-0.2, -0.15) is 0 Å². The molecule has 0 aliphatic rings. The van der Waals surface area contributed by atoms with Gasteiger partial charge in [0.2, 0.25) is 21.8 Å². The van der Waals surface area contributed by atoms with Crippen LogP contribution >= 0.6 is 11.6 Å². The zero-order chi connectivity index (χ0) is 24.8. The Kier molecular flexibility index (Phi) is 9.31. The van der Waals surface area contributed by atoms with Gasteiger partial charge in [-0.05, 0) is 50.5 Å². The van der Waals surface area contributed by atoms with E-state index in [1.54, 1.807) is 43.3 Å². The maximum absolute atomic E-state index is 13.5. The van der Waals surface area contributed by atoms with Crippen LogP contribution in [0.15, 0.2) is 48.5 Å². The molecule has 0 saturated carbocycles. The summed E-state index contributed by atoms with van der Waals surface area (Å²) in [6.45, 7) is 6.84. The molecule has 7 nitrogen and oxygen atoms in total. The fourth-order valence-corrected chi connectivity index (χ4v) is 4.52. The molecule has 1 atom stereocenters. The number of benzene rings is 2. The van der Waals surface area contributed by atoms with Crippen molar-refractivity contribution in [2.24, 2.45) is 0 Å². The summed E-state index contributed by atoms with van der Waals surface area (Å²) in [4.78, 5) is 27.6. The van der Waals surface area contributed by atoms with Gasteiger partial charge in [0.05, 0.1) is 11.9 Å². The van der Waals surface area contributed by atoms with Crippen molar-refractivity contribution in [3.8, 4) is 0 Å². The van der Waals surface area contributed by atoms with Crippen molar-refractivity contribution in [2.75, 3.05) is 17.1 Å². The SMILES string of the molecule is CCc1ccccc1N(CC(=O)N(Cc1ccccc1Cl)[C@H](C)C(=O)NC(C)C)S(C)(=O)=O. The zero-order valence-corrected chi connectivity index (χ0v) is 21.3. The lowest BCUT2D eigenvalue weighted by atomic mass is 10.1. The number of hydrogen-bond donors (Lipinski definition) is 1. The van der Waals surface area contributed by atoms with E-state index in [4.69, 9.17) is 11.6 Å². The third kappa shape index (κ3) is 7.20. The monoisotopic (exact) mass is 493 g/mol. The summed E-state index contributed by atoms with van der Waals surface area (Å²) in [5, 5.41) is 3.28. The van der Waals surface area contributed by atoms with Crippen molar-refractivity contribution in [2.45, 2.75) is 52.7 Å². The fourth-order valence-electron chi connectivity index (χ4n) is 3.45. The molecule has 2 amide bonds. The number of sulfonamides is 1. The minimum atomic E-state index is -3.77. The van der Waals surface area contributed by atoms with E-state index in [-0.39, 0.29) is 18.5 Å². The number of anilines is 1. The van der Waals surface area contributed by atoms with Crippen molar-refractivity contribution in [3.63, 3.8) is 0 Å². The van der Waals surface area contributed by atoms with Gasteiger partial charge in [0, 0.05) is 17.6 Å². The molecule has 2 rings (SSSR count). The first kappa shape index (κ1) is 26.7. The van der Waals surface area contributed by atoms with Gasteiger partial charge in [-0.1, -0.05) is 54.9 Å². The third-order valence-corrected chi connectivity index (χ3v) is 6.71. The topological polar surface area (TPSA) is 86.8 Å². The Morgan fingerprint density at radius 3 is 2.12 bits per heavy atom. The van der Waals surface area contributed by atoms with Crippen molar-refractivity contribution in [1.82, 2.24) is 10.2 Å². The number of rotatable bonds is 10. The molecule has 0 aliphatic heterocycles. The second-order valence-electron chi connectivity index (χ2n) is 8.20. The van der Waals surface area contributed by atoms with Crippen LogP contribution in [-0.4, -0.2) is 50.0 Å².